The van der Waals surface area contributed by atoms with E-state index in [1.165, 1.54) is 0 Å². The second-order valence-corrected chi connectivity index (χ2v) is 9.50. The van der Waals surface area contributed by atoms with E-state index in [0.717, 1.165) is 49.8 Å². The third-order valence-electron chi connectivity index (χ3n) is 5.31. The van der Waals surface area contributed by atoms with Crippen LogP contribution in [0.4, 0.5) is 0 Å². The van der Waals surface area contributed by atoms with Crippen molar-refractivity contribution in [2.45, 2.75) is 19.8 Å². The molecule has 0 radical (unpaired) electrons. The largest absolute Gasteiger partial charge is 0.508 e. The Hall–Kier alpha value is -3.56. The summed E-state index contributed by atoms with van der Waals surface area (Å²) in [5.74, 6) is 2.17. The van der Waals surface area contributed by atoms with Crippen LogP contribution in [-0.2, 0) is 12.8 Å². The molecule has 0 aliphatic heterocycles. The van der Waals surface area contributed by atoms with E-state index in [9.17, 15) is 15.0 Å². The molecule has 0 unspecified atom stereocenters. The number of thiazole rings is 1. The lowest BCUT2D eigenvalue weighted by atomic mass is 10.1. The van der Waals surface area contributed by atoms with Crippen molar-refractivity contribution in [3.63, 3.8) is 0 Å². The Morgan fingerprint density at radius 1 is 1.12 bits per heavy atom. The monoisotopic (exact) mass is 480 g/mol. The van der Waals surface area contributed by atoms with Gasteiger partial charge in [-0.05, 0) is 54.3 Å². The number of fused-ring (bicyclic) bond motifs is 1. The fourth-order valence-corrected chi connectivity index (χ4v) is 5.32. The molecule has 2 aromatic carbocycles. The van der Waals surface area contributed by atoms with Gasteiger partial charge in [-0.1, -0.05) is 17.4 Å². The van der Waals surface area contributed by atoms with Crippen molar-refractivity contribution in [1.82, 2.24) is 9.97 Å². The van der Waals surface area contributed by atoms with Crippen molar-refractivity contribution >= 4 is 32.8 Å². The van der Waals surface area contributed by atoms with E-state index >= 15 is 0 Å². The summed E-state index contributed by atoms with van der Waals surface area (Å²) in [5.41, 5.74) is 2.66. The highest BCUT2D eigenvalue weighted by atomic mass is 32.1. The summed E-state index contributed by atoms with van der Waals surface area (Å²) in [6.07, 6.45) is 1.07. The van der Waals surface area contributed by atoms with Gasteiger partial charge in [0.25, 0.3) is 0 Å². The third-order valence-corrected chi connectivity index (χ3v) is 7.17. The number of aromatic nitrogens is 2. The van der Waals surface area contributed by atoms with Crippen molar-refractivity contribution in [3.05, 3.63) is 79.4 Å². The van der Waals surface area contributed by atoms with E-state index in [0.29, 0.717) is 30.2 Å². The van der Waals surface area contributed by atoms with Crippen LogP contribution in [-0.4, -0.2) is 26.8 Å². The third kappa shape index (κ3) is 4.37. The molecule has 3 N–H and O–H groups in total. The van der Waals surface area contributed by atoms with E-state index in [1.54, 1.807) is 35.6 Å². The first-order valence-corrected chi connectivity index (χ1v) is 12.0. The molecule has 33 heavy (non-hydrogen) atoms. The fourth-order valence-electron chi connectivity index (χ4n) is 3.65. The van der Waals surface area contributed by atoms with E-state index in [2.05, 4.69) is 9.97 Å². The Bertz CT molecular complexity index is 1480. The van der Waals surface area contributed by atoms with Gasteiger partial charge < -0.3 is 19.4 Å². The van der Waals surface area contributed by atoms with Crippen LogP contribution in [0.15, 0.2) is 57.1 Å². The second-order valence-electron chi connectivity index (χ2n) is 7.52. The zero-order valence-electron chi connectivity index (χ0n) is 17.6. The summed E-state index contributed by atoms with van der Waals surface area (Å²) >= 11 is 2.63. The highest BCUT2D eigenvalue weighted by molar-refractivity contribution is 7.17. The second kappa shape index (κ2) is 8.76. The zero-order valence-corrected chi connectivity index (χ0v) is 19.3. The standard InChI is InChI=1S/C24H20N2O5S2/c1-13-18(25-23(31-13)14-2-5-16(27)6-3-14)8-10-30-19-7-4-15(21-17(19)9-11-32-21)12-20-22(28)26-24(29)33-20/h2-7,9,11,27-28H,8,10,12H2,1H3,(H,26,29). The number of phenolic OH excluding ortho intramolecular Hbond substituents is 1. The number of nitrogens with zero attached hydrogens (tertiary/aromatic N) is 1. The number of aromatic hydroxyl groups is 2. The molecule has 3 aromatic heterocycles. The SMILES string of the molecule is Cc1oc(-c2ccc(O)cc2)nc1CCOc1ccc(Cc2sc(=O)[nH]c2O)c2sccc12. The quantitative estimate of drug-likeness (QED) is 0.294. The van der Waals surface area contributed by atoms with Crippen LogP contribution in [0.5, 0.6) is 17.4 Å². The molecule has 7 nitrogen and oxygen atoms in total. The van der Waals surface area contributed by atoms with E-state index < -0.39 is 0 Å². The topological polar surface area (TPSA) is 109 Å². The molecule has 0 aliphatic rings. The minimum atomic E-state index is -0.262. The number of hydrogen-bond acceptors (Lipinski definition) is 8. The first kappa shape index (κ1) is 21.3. The van der Waals surface area contributed by atoms with E-state index in [1.807, 2.05) is 30.5 Å². The van der Waals surface area contributed by atoms with Crippen LogP contribution in [0.2, 0.25) is 0 Å². The molecule has 0 aliphatic carbocycles. The number of oxazole rings is 1. The average Bonchev–Trinajstić information content (AvgIpc) is 3.50. The first-order chi connectivity index (χ1) is 16.0. The van der Waals surface area contributed by atoms with Crippen molar-refractivity contribution in [2.75, 3.05) is 6.61 Å². The van der Waals surface area contributed by atoms with Gasteiger partial charge in [0.05, 0.1) is 17.2 Å². The summed E-state index contributed by atoms with van der Waals surface area (Å²) in [6, 6.07) is 12.7. The fraction of sp³-hybridized carbons (Fsp3) is 0.167. The zero-order chi connectivity index (χ0) is 22.9. The molecule has 0 amide bonds. The molecule has 0 atom stereocenters. The van der Waals surface area contributed by atoms with Crippen LogP contribution in [0.3, 0.4) is 0 Å². The van der Waals surface area contributed by atoms with Gasteiger partial charge in [0.15, 0.2) is 0 Å². The molecule has 0 saturated carbocycles. The van der Waals surface area contributed by atoms with Gasteiger partial charge in [0.2, 0.25) is 11.8 Å². The molecular formula is C24H20N2O5S2. The average molecular weight is 481 g/mol. The molecule has 0 bridgehead atoms. The van der Waals surface area contributed by atoms with Gasteiger partial charge in [0, 0.05) is 28.5 Å². The highest BCUT2D eigenvalue weighted by Gasteiger charge is 2.15. The van der Waals surface area contributed by atoms with Crippen LogP contribution >= 0.6 is 22.7 Å². The van der Waals surface area contributed by atoms with Gasteiger partial charge in [-0.25, -0.2) is 4.98 Å². The van der Waals surface area contributed by atoms with E-state index in [-0.39, 0.29) is 16.5 Å². The van der Waals surface area contributed by atoms with Gasteiger partial charge in [-0.2, -0.15) is 0 Å². The number of aromatic amines is 1. The Kier molecular flexibility index (Phi) is 5.65. The molecular weight excluding hydrogens is 460 g/mol. The number of hydrogen-bond donors (Lipinski definition) is 3. The number of phenols is 1. The van der Waals surface area contributed by atoms with Crippen molar-refractivity contribution < 1.29 is 19.4 Å². The maximum Gasteiger partial charge on any atom is 0.307 e. The predicted molar refractivity (Wildman–Crippen MR) is 129 cm³/mol. The summed E-state index contributed by atoms with van der Waals surface area (Å²) in [5, 5.41) is 22.4. The normalized spacial score (nSPS) is 11.3. The molecule has 3 heterocycles. The Morgan fingerprint density at radius 3 is 2.70 bits per heavy atom. The minimum absolute atomic E-state index is 0.0651. The smallest absolute Gasteiger partial charge is 0.307 e. The van der Waals surface area contributed by atoms with Crippen LogP contribution in [0.1, 0.15) is 21.9 Å². The van der Waals surface area contributed by atoms with Crippen LogP contribution in [0.25, 0.3) is 21.5 Å². The number of benzene rings is 2. The number of nitrogens with one attached hydrogen (secondary N) is 1. The number of aryl methyl sites for hydroxylation is 1. The minimum Gasteiger partial charge on any atom is -0.508 e. The molecule has 0 spiro atoms. The lowest BCUT2D eigenvalue weighted by Gasteiger charge is -2.09. The maximum absolute atomic E-state index is 11.5. The van der Waals surface area contributed by atoms with Crippen LogP contribution < -0.4 is 9.61 Å². The molecule has 0 fully saturated rings. The molecule has 0 saturated heterocycles. The molecule has 168 valence electrons. The molecule has 5 aromatic rings. The Morgan fingerprint density at radius 2 is 1.94 bits per heavy atom. The van der Waals surface area contributed by atoms with Gasteiger partial charge >= 0.3 is 4.87 Å². The number of rotatable bonds is 7. The summed E-state index contributed by atoms with van der Waals surface area (Å²) in [6.45, 7) is 2.32. The number of ether oxygens (including phenoxy) is 1. The Labute approximate surface area is 196 Å². The van der Waals surface area contributed by atoms with Crippen LogP contribution in [0, 0.1) is 6.92 Å². The molecule has 9 heteroatoms. The summed E-state index contributed by atoms with van der Waals surface area (Å²) in [7, 11) is 0. The van der Waals surface area contributed by atoms with E-state index in [4.69, 9.17) is 9.15 Å². The van der Waals surface area contributed by atoms with Crippen molar-refractivity contribution in [3.8, 4) is 28.8 Å². The van der Waals surface area contributed by atoms with Gasteiger partial charge in [0.1, 0.15) is 17.3 Å². The molecule has 5 rings (SSSR count). The van der Waals surface area contributed by atoms with Gasteiger partial charge in [-0.3, -0.25) is 9.78 Å². The lowest BCUT2D eigenvalue weighted by molar-refractivity contribution is 0.323. The lowest BCUT2D eigenvalue weighted by Crippen LogP contribution is -2.03. The highest BCUT2D eigenvalue weighted by Crippen LogP contribution is 2.35. The summed E-state index contributed by atoms with van der Waals surface area (Å²) < 4.78 is 13.0. The first-order valence-electron chi connectivity index (χ1n) is 10.3. The summed E-state index contributed by atoms with van der Waals surface area (Å²) in [4.78, 5) is 18.8. The number of thiophene rings is 1. The maximum atomic E-state index is 11.5. The number of H-pyrrole nitrogens is 1. The Balaban J connectivity index is 1.30. The van der Waals surface area contributed by atoms with Gasteiger partial charge in [-0.15, -0.1) is 11.3 Å². The van der Waals surface area contributed by atoms with Crippen molar-refractivity contribution in [1.29, 1.82) is 0 Å². The van der Waals surface area contributed by atoms with Crippen molar-refractivity contribution in [2.24, 2.45) is 0 Å². The predicted octanol–water partition coefficient (Wildman–Crippen LogP) is 5.24.